The summed E-state index contributed by atoms with van der Waals surface area (Å²) in [6.07, 6.45) is 5.26. The molecule has 0 saturated heterocycles. The van der Waals surface area contributed by atoms with Crippen LogP contribution in [0.25, 0.3) is 17.2 Å². The Bertz CT molecular complexity index is 2010. The number of rotatable bonds is 12. The van der Waals surface area contributed by atoms with Crippen molar-refractivity contribution in [2.75, 3.05) is 26.1 Å². The Morgan fingerprint density at radius 3 is 2.43 bits per heavy atom. The third-order valence-corrected chi connectivity index (χ3v) is 9.13. The number of nitrogens with one attached hydrogen (secondary N) is 1. The highest BCUT2D eigenvalue weighted by atomic mass is 16.5. The fourth-order valence-electron chi connectivity index (χ4n) is 6.89. The minimum absolute atomic E-state index is 0.124. The van der Waals surface area contributed by atoms with Gasteiger partial charge >= 0.3 is 5.69 Å². The summed E-state index contributed by atoms with van der Waals surface area (Å²) in [6, 6.07) is 13.7. The van der Waals surface area contributed by atoms with Gasteiger partial charge in [-0.1, -0.05) is 6.92 Å². The van der Waals surface area contributed by atoms with Gasteiger partial charge in [-0.3, -0.25) is 9.13 Å². The van der Waals surface area contributed by atoms with Gasteiger partial charge in [0.05, 0.1) is 38.3 Å². The van der Waals surface area contributed by atoms with Gasteiger partial charge in [0.25, 0.3) is 5.88 Å². The van der Waals surface area contributed by atoms with E-state index in [9.17, 15) is 15.2 Å². The minimum Gasteiger partial charge on any atom is -0.497 e. The molecular formula is C35H37N7O5. The lowest BCUT2D eigenvalue weighted by molar-refractivity contribution is -0.0665. The van der Waals surface area contributed by atoms with Crippen LogP contribution in [0.2, 0.25) is 0 Å². The number of aryl methyl sites for hydroxylation is 2. The lowest BCUT2D eigenvalue weighted by atomic mass is 9.40. The molecule has 12 nitrogen and oxygen atoms in total. The minimum atomic E-state index is -0.339. The monoisotopic (exact) mass is 635 g/mol. The van der Waals surface area contributed by atoms with E-state index in [0.717, 1.165) is 22.3 Å². The number of hydrogen-bond acceptors (Lipinski definition) is 10. The highest BCUT2D eigenvalue weighted by molar-refractivity contribution is 5.80. The number of hydrogen-bond donors (Lipinski definition) is 2. The van der Waals surface area contributed by atoms with E-state index in [1.165, 1.54) is 6.08 Å². The van der Waals surface area contributed by atoms with Crippen LogP contribution in [0.5, 0.6) is 23.1 Å². The number of anilines is 1. The molecule has 0 spiro atoms. The van der Waals surface area contributed by atoms with Gasteiger partial charge in [0, 0.05) is 36.4 Å². The van der Waals surface area contributed by atoms with Crippen molar-refractivity contribution in [2.45, 2.75) is 58.7 Å². The fraction of sp³-hybridized carbons (Fsp3) is 0.400. The van der Waals surface area contributed by atoms with E-state index < -0.39 is 0 Å². The fourth-order valence-corrected chi connectivity index (χ4v) is 6.89. The normalized spacial score (nSPS) is 20.2. The number of imidazole rings is 1. The van der Waals surface area contributed by atoms with Crippen LogP contribution in [0.1, 0.15) is 48.4 Å². The molecule has 2 heterocycles. The van der Waals surface area contributed by atoms with Crippen LogP contribution in [0.3, 0.4) is 0 Å². The Balaban J connectivity index is 1.53. The molecule has 7 rings (SSSR count). The zero-order chi connectivity index (χ0) is 33.5. The summed E-state index contributed by atoms with van der Waals surface area (Å²) >= 11 is 0. The summed E-state index contributed by atoms with van der Waals surface area (Å²) < 4.78 is 20.8. The number of ether oxygens (including phenoxy) is 3. The van der Waals surface area contributed by atoms with E-state index in [-0.39, 0.29) is 48.1 Å². The topological polar surface area (TPSA) is 160 Å². The van der Waals surface area contributed by atoms with E-state index in [4.69, 9.17) is 29.4 Å². The Morgan fingerprint density at radius 2 is 1.81 bits per heavy atom. The molecule has 12 heteroatoms. The summed E-state index contributed by atoms with van der Waals surface area (Å²) in [6.45, 7) is 5.90. The van der Waals surface area contributed by atoms with E-state index in [1.54, 1.807) is 41.6 Å². The maximum atomic E-state index is 14.3. The van der Waals surface area contributed by atoms with Gasteiger partial charge < -0.3 is 24.6 Å². The lowest BCUT2D eigenvalue weighted by Gasteiger charge is -2.66. The third-order valence-electron chi connectivity index (χ3n) is 9.13. The van der Waals surface area contributed by atoms with E-state index in [2.05, 4.69) is 11.4 Å². The van der Waals surface area contributed by atoms with Gasteiger partial charge in [-0.2, -0.15) is 20.5 Å². The number of nitrogens with zero attached hydrogens (tertiary/aromatic N) is 6. The van der Waals surface area contributed by atoms with E-state index in [1.807, 2.05) is 45.0 Å². The average molecular weight is 636 g/mol. The van der Waals surface area contributed by atoms with Gasteiger partial charge in [0.15, 0.2) is 11.2 Å². The first-order valence-electron chi connectivity index (χ1n) is 15.4. The second kappa shape index (κ2) is 12.1. The molecule has 47 heavy (non-hydrogen) atoms. The number of fused-ring (bicyclic) bond motifs is 1. The average Bonchev–Trinajstić information content (AvgIpc) is 3.28. The Kier molecular flexibility index (Phi) is 8.16. The standard InChI is InChI=1S/C35H37N7O5/c1-21(16-43)14-41-28-30(42(33(41)44)15-25-8-9-26(45-4)13-27(25)46-5)38-32(40-35-17-34(18-35,19-35)20-37)39-31(28)47-29-22(2)11-24(7-6-10-36)12-23(29)3/h6-9,11-13,21,43H,14-19H2,1-5H3,(H,38,39,40)/b7-6+/t21-,34?,35?/m0/s1. The summed E-state index contributed by atoms with van der Waals surface area (Å²) in [7, 11) is 3.14. The highest BCUT2D eigenvalue weighted by Crippen LogP contribution is 2.67. The number of methoxy groups -OCH3 is 2. The molecule has 3 aliphatic rings. The number of allylic oxidation sites excluding steroid dienone is 1. The molecule has 3 fully saturated rings. The van der Waals surface area contributed by atoms with Gasteiger partial charge in [-0.25, -0.2) is 4.79 Å². The number of aliphatic hydroxyl groups excluding tert-OH is 1. The van der Waals surface area contributed by atoms with Crippen molar-refractivity contribution in [2.24, 2.45) is 11.3 Å². The van der Waals surface area contributed by atoms with Crippen molar-refractivity contribution < 1.29 is 19.3 Å². The van der Waals surface area contributed by atoms with Crippen molar-refractivity contribution in [3.63, 3.8) is 0 Å². The molecule has 0 unspecified atom stereocenters. The number of aromatic nitrogens is 4. The van der Waals surface area contributed by atoms with Crippen molar-refractivity contribution in [1.29, 1.82) is 10.5 Å². The lowest BCUT2D eigenvalue weighted by Crippen LogP contribution is -2.70. The van der Waals surface area contributed by atoms with Crippen LogP contribution in [-0.2, 0) is 13.1 Å². The molecule has 3 saturated carbocycles. The predicted octanol–water partition coefficient (Wildman–Crippen LogP) is 5.09. The number of aliphatic hydroxyl groups is 1. The highest BCUT2D eigenvalue weighted by Gasteiger charge is 2.69. The van der Waals surface area contributed by atoms with Crippen LogP contribution in [0, 0.1) is 47.8 Å². The van der Waals surface area contributed by atoms with E-state index in [0.29, 0.717) is 53.6 Å². The number of benzene rings is 2. The largest absolute Gasteiger partial charge is 0.497 e. The molecule has 242 valence electrons. The van der Waals surface area contributed by atoms with Gasteiger partial charge in [-0.15, -0.1) is 0 Å². The van der Waals surface area contributed by atoms with Crippen molar-refractivity contribution >= 4 is 23.2 Å². The quantitative estimate of drug-likeness (QED) is 0.201. The molecule has 0 aliphatic heterocycles. The molecule has 0 radical (unpaired) electrons. The van der Waals surface area contributed by atoms with Gasteiger partial charge in [0.1, 0.15) is 17.2 Å². The summed E-state index contributed by atoms with van der Waals surface area (Å²) in [5.41, 5.74) is 3.08. The molecular weight excluding hydrogens is 598 g/mol. The first-order valence-corrected chi connectivity index (χ1v) is 15.4. The van der Waals surface area contributed by atoms with Crippen LogP contribution in [-0.4, -0.2) is 50.6 Å². The van der Waals surface area contributed by atoms with Gasteiger partial charge in [-0.05, 0) is 86.1 Å². The van der Waals surface area contributed by atoms with E-state index >= 15 is 0 Å². The van der Waals surface area contributed by atoms with Crippen LogP contribution in [0.15, 0.2) is 41.2 Å². The third kappa shape index (κ3) is 5.66. The Morgan fingerprint density at radius 1 is 1.09 bits per heavy atom. The van der Waals surface area contributed by atoms with Crippen LogP contribution in [0.4, 0.5) is 5.95 Å². The maximum absolute atomic E-state index is 14.3. The Hall–Kier alpha value is -5.33. The first kappa shape index (κ1) is 31.6. The molecule has 4 aromatic rings. The summed E-state index contributed by atoms with van der Waals surface area (Å²) in [4.78, 5) is 24.0. The summed E-state index contributed by atoms with van der Waals surface area (Å²) in [5, 5.41) is 32.0. The second-order valence-electron chi connectivity index (χ2n) is 12.8. The first-order chi connectivity index (χ1) is 22.6. The maximum Gasteiger partial charge on any atom is 0.330 e. The molecule has 2 N–H and O–H groups in total. The number of nitriles is 2. The summed E-state index contributed by atoms with van der Waals surface area (Å²) in [5.74, 6) is 1.98. The molecule has 1 atom stereocenters. The predicted molar refractivity (Wildman–Crippen MR) is 176 cm³/mol. The Labute approximate surface area is 272 Å². The second-order valence-corrected chi connectivity index (χ2v) is 12.8. The van der Waals surface area contributed by atoms with Crippen LogP contribution >= 0.6 is 0 Å². The smallest absolute Gasteiger partial charge is 0.330 e. The van der Waals surface area contributed by atoms with Gasteiger partial charge in [0.2, 0.25) is 5.95 Å². The molecule has 2 bridgehead atoms. The molecule has 2 aromatic heterocycles. The van der Waals surface area contributed by atoms with Crippen molar-refractivity contribution in [3.05, 3.63) is 69.1 Å². The molecule has 0 amide bonds. The van der Waals surface area contributed by atoms with Crippen LogP contribution < -0.4 is 25.2 Å². The van der Waals surface area contributed by atoms with Crippen molar-refractivity contribution in [1.82, 2.24) is 19.1 Å². The molecule has 2 aromatic carbocycles. The molecule has 3 aliphatic carbocycles. The zero-order valence-electron chi connectivity index (χ0n) is 27.1. The van der Waals surface area contributed by atoms with Crippen molar-refractivity contribution in [3.8, 4) is 35.3 Å². The zero-order valence-corrected chi connectivity index (χ0v) is 27.1. The SMILES string of the molecule is COc1ccc(Cn2c(=O)n(C[C@H](C)CO)c3c(Oc4c(C)cc(/C=C/C#N)cc4C)nc(NC45CC(C#N)(C4)C5)nc32)c(OC)c1.